The fraction of sp³-hybridized carbons (Fsp3) is 0.227. The van der Waals surface area contributed by atoms with E-state index >= 15 is 0 Å². The molecule has 0 aliphatic carbocycles. The van der Waals surface area contributed by atoms with Gasteiger partial charge in [0.15, 0.2) is 0 Å². The normalized spacial score (nSPS) is 10.6. The van der Waals surface area contributed by atoms with Gasteiger partial charge in [0.25, 0.3) is 5.91 Å². The number of carbonyl (C=O) groups excluding carboxylic acids is 1. The highest BCUT2D eigenvalue weighted by molar-refractivity contribution is 6.03. The molecule has 1 heterocycles. The Labute approximate surface area is 164 Å². The minimum absolute atomic E-state index is 0.248. The first-order chi connectivity index (χ1) is 13.4. The number of nitrogens with zero attached hydrogens (tertiary/aromatic N) is 2. The van der Waals surface area contributed by atoms with Gasteiger partial charge >= 0.3 is 0 Å². The van der Waals surface area contributed by atoms with Crippen LogP contribution in [0.1, 0.15) is 33.0 Å². The summed E-state index contributed by atoms with van der Waals surface area (Å²) in [6.07, 6.45) is 0.716. The van der Waals surface area contributed by atoms with E-state index in [1.165, 1.54) is 17.7 Å². The van der Waals surface area contributed by atoms with Crippen molar-refractivity contribution in [3.8, 4) is 0 Å². The third-order valence-electron chi connectivity index (χ3n) is 4.47. The van der Waals surface area contributed by atoms with Gasteiger partial charge in [-0.25, -0.2) is 14.4 Å². The standard InChI is InChI=1S/C22H23FN4O/c1-14-4-9-19(12-15(14)2)27-22(28)20-13-21(26-16(3)25-20)24-11-10-17-5-7-18(23)8-6-17/h4-9,12-13H,10-11H2,1-3H3,(H,27,28)(H,24,25,26). The van der Waals surface area contributed by atoms with Crippen molar-refractivity contribution in [2.75, 3.05) is 17.2 Å². The van der Waals surface area contributed by atoms with Crippen molar-refractivity contribution in [1.82, 2.24) is 9.97 Å². The molecule has 0 radical (unpaired) electrons. The van der Waals surface area contributed by atoms with Crippen LogP contribution in [0.4, 0.5) is 15.9 Å². The van der Waals surface area contributed by atoms with Crippen LogP contribution in [-0.2, 0) is 6.42 Å². The molecule has 3 aromatic rings. The summed E-state index contributed by atoms with van der Waals surface area (Å²) in [5.74, 6) is 0.565. The Morgan fingerprint density at radius 3 is 2.43 bits per heavy atom. The second kappa shape index (κ2) is 8.61. The predicted octanol–water partition coefficient (Wildman–Crippen LogP) is 4.45. The van der Waals surface area contributed by atoms with Gasteiger partial charge in [0, 0.05) is 18.3 Å². The minimum atomic E-state index is -0.282. The summed E-state index contributed by atoms with van der Waals surface area (Å²) in [5, 5.41) is 6.07. The molecule has 1 amide bonds. The van der Waals surface area contributed by atoms with Crippen molar-refractivity contribution in [1.29, 1.82) is 0 Å². The lowest BCUT2D eigenvalue weighted by Gasteiger charge is -2.10. The van der Waals surface area contributed by atoms with Gasteiger partial charge in [0.2, 0.25) is 0 Å². The predicted molar refractivity (Wildman–Crippen MR) is 109 cm³/mol. The number of aromatic nitrogens is 2. The maximum Gasteiger partial charge on any atom is 0.274 e. The lowest BCUT2D eigenvalue weighted by atomic mass is 10.1. The summed E-state index contributed by atoms with van der Waals surface area (Å²) in [6.45, 7) is 6.39. The molecule has 0 spiro atoms. The average molecular weight is 378 g/mol. The van der Waals surface area contributed by atoms with Gasteiger partial charge in [-0.05, 0) is 68.1 Å². The number of anilines is 2. The quantitative estimate of drug-likeness (QED) is 0.665. The zero-order valence-electron chi connectivity index (χ0n) is 16.2. The molecule has 6 heteroatoms. The first kappa shape index (κ1) is 19.5. The smallest absolute Gasteiger partial charge is 0.274 e. The SMILES string of the molecule is Cc1nc(NCCc2ccc(F)cc2)cc(C(=O)Nc2ccc(C)c(C)c2)n1. The molecular formula is C22H23FN4O. The van der Waals surface area contributed by atoms with Crippen LogP contribution in [0.15, 0.2) is 48.5 Å². The highest BCUT2D eigenvalue weighted by Gasteiger charge is 2.11. The molecule has 0 aliphatic rings. The first-order valence-corrected chi connectivity index (χ1v) is 9.13. The largest absolute Gasteiger partial charge is 0.370 e. The monoisotopic (exact) mass is 378 g/mol. The van der Waals surface area contributed by atoms with E-state index in [1.54, 1.807) is 25.1 Å². The van der Waals surface area contributed by atoms with Crippen molar-refractivity contribution in [3.63, 3.8) is 0 Å². The van der Waals surface area contributed by atoms with Gasteiger partial charge in [-0.3, -0.25) is 4.79 Å². The van der Waals surface area contributed by atoms with Crippen molar-refractivity contribution in [2.45, 2.75) is 27.2 Å². The summed E-state index contributed by atoms with van der Waals surface area (Å²) >= 11 is 0. The molecule has 0 fully saturated rings. The number of benzene rings is 2. The highest BCUT2D eigenvalue weighted by Crippen LogP contribution is 2.16. The molecule has 144 valence electrons. The molecule has 0 atom stereocenters. The molecule has 3 rings (SSSR count). The van der Waals surface area contributed by atoms with Crippen LogP contribution < -0.4 is 10.6 Å². The minimum Gasteiger partial charge on any atom is -0.370 e. The number of halogens is 1. The van der Waals surface area contributed by atoms with E-state index < -0.39 is 0 Å². The number of nitrogens with one attached hydrogen (secondary N) is 2. The van der Waals surface area contributed by atoms with Crippen molar-refractivity contribution in [3.05, 3.63) is 82.6 Å². The molecule has 0 unspecified atom stereocenters. The first-order valence-electron chi connectivity index (χ1n) is 9.13. The second-order valence-corrected chi connectivity index (χ2v) is 6.74. The third kappa shape index (κ3) is 5.13. The molecule has 2 aromatic carbocycles. The van der Waals surface area contributed by atoms with Crippen LogP contribution in [0.25, 0.3) is 0 Å². The van der Waals surface area contributed by atoms with Crippen LogP contribution in [0.3, 0.4) is 0 Å². The molecule has 0 aliphatic heterocycles. The van der Waals surface area contributed by atoms with Gasteiger partial charge < -0.3 is 10.6 Å². The molecular weight excluding hydrogens is 355 g/mol. The lowest BCUT2D eigenvalue weighted by Crippen LogP contribution is -2.16. The fourth-order valence-corrected chi connectivity index (χ4v) is 2.77. The lowest BCUT2D eigenvalue weighted by molar-refractivity contribution is 0.102. The fourth-order valence-electron chi connectivity index (χ4n) is 2.77. The van der Waals surface area contributed by atoms with Crippen molar-refractivity contribution >= 4 is 17.4 Å². The average Bonchev–Trinajstić information content (AvgIpc) is 2.66. The molecule has 1 aromatic heterocycles. The van der Waals surface area contributed by atoms with Gasteiger partial charge in [0.1, 0.15) is 23.2 Å². The Morgan fingerprint density at radius 1 is 0.964 bits per heavy atom. The molecule has 0 saturated heterocycles. The number of rotatable bonds is 6. The van der Waals surface area contributed by atoms with E-state index in [2.05, 4.69) is 20.6 Å². The van der Waals surface area contributed by atoms with Crippen LogP contribution >= 0.6 is 0 Å². The Morgan fingerprint density at radius 2 is 1.71 bits per heavy atom. The van der Waals surface area contributed by atoms with Crippen molar-refractivity contribution in [2.24, 2.45) is 0 Å². The summed E-state index contributed by atoms with van der Waals surface area (Å²) in [5.41, 5.74) is 4.33. The maximum absolute atomic E-state index is 13.0. The number of carbonyl (C=O) groups is 1. The topological polar surface area (TPSA) is 66.9 Å². The van der Waals surface area contributed by atoms with Crippen molar-refractivity contribution < 1.29 is 9.18 Å². The second-order valence-electron chi connectivity index (χ2n) is 6.74. The Bertz CT molecular complexity index is 986. The van der Waals surface area contributed by atoms with Crippen LogP contribution in [-0.4, -0.2) is 22.4 Å². The number of hydrogen-bond donors (Lipinski definition) is 2. The molecule has 2 N–H and O–H groups in total. The number of aryl methyl sites for hydroxylation is 3. The van der Waals surface area contributed by atoms with E-state index in [1.807, 2.05) is 32.0 Å². The Kier molecular flexibility index (Phi) is 5.99. The summed E-state index contributed by atoms with van der Waals surface area (Å²) in [7, 11) is 0. The third-order valence-corrected chi connectivity index (χ3v) is 4.47. The van der Waals surface area contributed by atoms with Gasteiger partial charge in [-0.15, -0.1) is 0 Å². The van der Waals surface area contributed by atoms with E-state index in [9.17, 15) is 9.18 Å². The van der Waals surface area contributed by atoms with Crippen LogP contribution in [0, 0.1) is 26.6 Å². The molecule has 0 bridgehead atoms. The zero-order valence-corrected chi connectivity index (χ0v) is 16.2. The van der Waals surface area contributed by atoms with Crippen LogP contribution in [0.2, 0.25) is 0 Å². The zero-order chi connectivity index (χ0) is 20.1. The van der Waals surface area contributed by atoms with E-state index in [4.69, 9.17) is 0 Å². The van der Waals surface area contributed by atoms with Gasteiger partial charge in [-0.1, -0.05) is 18.2 Å². The van der Waals surface area contributed by atoms with Crippen LogP contribution in [0.5, 0.6) is 0 Å². The van der Waals surface area contributed by atoms with E-state index in [0.29, 0.717) is 30.3 Å². The van der Waals surface area contributed by atoms with Gasteiger partial charge in [-0.2, -0.15) is 0 Å². The van der Waals surface area contributed by atoms with E-state index in [-0.39, 0.29) is 11.7 Å². The summed E-state index contributed by atoms with van der Waals surface area (Å²) < 4.78 is 13.0. The molecule has 5 nitrogen and oxygen atoms in total. The maximum atomic E-state index is 13.0. The summed E-state index contributed by atoms with van der Waals surface area (Å²) in [4.78, 5) is 21.2. The Hall–Kier alpha value is -3.28. The number of hydrogen-bond acceptors (Lipinski definition) is 4. The number of amides is 1. The van der Waals surface area contributed by atoms with E-state index in [0.717, 1.165) is 16.8 Å². The Balaban J connectivity index is 1.65. The molecule has 28 heavy (non-hydrogen) atoms. The van der Waals surface area contributed by atoms with Gasteiger partial charge in [0.05, 0.1) is 0 Å². The summed E-state index contributed by atoms with van der Waals surface area (Å²) in [6, 6.07) is 13.8. The highest BCUT2D eigenvalue weighted by atomic mass is 19.1. The molecule has 0 saturated carbocycles.